The first-order valence-corrected chi connectivity index (χ1v) is 9.39. The molecule has 0 aromatic heterocycles. The van der Waals surface area contributed by atoms with E-state index < -0.39 is 0 Å². The van der Waals surface area contributed by atoms with Gasteiger partial charge in [-0.2, -0.15) is 0 Å². The Balaban J connectivity index is 1.44. The van der Waals surface area contributed by atoms with E-state index in [1.807, 2.05) is 4.90 Å². The largest absolute Gasteiger partial charge is 0.494 e. The number of halogens is 1. The second-order valence-corrected chi connectivity index (χ2v) is 7.30. The predicted molar refractivity (Wildman–Crippen MR) is 95.6 cm³/mol. The van der Waals surface area contributed by atoms with Crippen molar-refractivity contribution in [2.24, 2.45) is 5.92 Å². The first kappa shape index (κ1) is 19.1. The normalized spacial score (nSPS) is 22.4. The Morgan fingerprint density at radius 3 is 2.73 bits per heavy atom. The number of hydrogen-bond donors (Lipinski definition) is 0. The SMILES string of the molecule is COCC(=O)N1CCC2(CC1)CC(CCOc1ccc(F)cc1)CCO2. The minimum Gasteiger partial charge on any atom is -0.494 e. The molecule has 2 fully saturated rings. The Bertz CT molecular complexity index is 584. The van der Waals surface area contributed by atoms with Crippen LogP contribution in [0.25, 0.3) is 0 Å². The van der Waals surface area contributed by atoms with Crippen LogP contribution in [0.4, 0.5) is 4.39 Å². The molecule has 1 spiro atoms. The summed E-state index contributed by atoms with van der Waals surface area (Å²) in [5.41, 5.74) is -0.0946. The summed E-state index contributed by atoms with van der Waals surface area (Å²) in [6.45, 7) is 3.03. The van der Waals surface area contributed by atoms with Crippen LogP contribution in [0, 0.1) is 11.7 Å². The molecule has 0 N–H and O–H groups in total. The molecule has 1 amide bonds. The number of carbonyl (C=O) groups is 1. The zero-order valence-corrected chi connectivity index (χ0v) is 15.4. The van der Waals surface area contributed by atoms with E-state index in [1.165, 1.54) is 12.1 Å². The Labute approximate surface area is 154 Å². The van der Waals surface area contributed by atoms with Crippen molar-refractivity contribution in [1.29, 1.82) is 0 Å². The zero-order chi connectivity index (χ0) is 18.4. The molecule has 2 aliphatic heterocycles. The van der Waals surface area contributed by atoms with Gasteiger partial charge in [0.05, 0.1) is 12.2 Å². The van der Waals surface area contributed by atoms with Crippen LogP contribution in [-0.4, -0.2) is 56.4 Å². The first-order valence-electron chi connectivity index (χ1n) is 9.39. The van der Waals surface area contributed by atoms with E-state index in [-0.39, 0.29) is 23.9 Å². The number of hydrogen-bond acceptors (Lipinski definition) is 4. The van der Waals surface area contributed by atoms with E-state index in [2.05, 4.69) is 0 Å². The molecule has 26 heavy (non-hydrogen) atoms. The van der Waals surface area contributed by atoms with Gasteiger partial charge in [-0.25, -0.2) is 4.39 Å². The molecule has 5 nitrogen and oxygen atoms in total. The third kappa shape index (κ3) is 4.95. The molecule has 1 unspecified atom stereocenters. The van der Waals surface area contributed by atoms with Crippen molar-refractivity contribution in [3.8, 4) is 5.75 Å². The van der Waals surface area contributed by atoms with Gasteiger partial charge in [-0.05, 0) is 62.3 Å². The highest BCUT2D eigenvalue weighted by Crippen LogP contribution is 2.38. The van der Waals surface area contributed by atoms with Crippen LogP contribution >= 0.6 is 0 Å². The van der Waals surface area contributed by atoms with E-state index in [1.54, 1.807) is 19.2 Å². The molecule has 2 heterocycles. The van der Waals surface area contributed by atoms with E-state index in [0.29, 0.717) is 18.3 Å². The van der Waals surface area contributed by atoms with Gasteiger partial charge in [0.15, 0.2) is 0 Å². The third-order valence-electron chi connectivity index (χ3n) is 5.50. The molecule has 0 saturated carbocycles. The smallest absolute Gasteiger partial charge is 0.248 e. The molecule has 3 rings (SSSR count). The standard InChI is InChI=1S/C20H28FNO4/c1-24-15-19(23)22-10-8-20(9-11-22)14-16(7-13-26-20)6-12-25-18-4-2-17(21)3-5-18/h2-5,16H,6-15H2,1H3. The van der Waals surface area contributed by atoms with Gasteiger partial charge in [0.25, 0.3) is 0 Å². The fourth-order valence-corrected chi connectivity index (χ4v) is 3.98. The molecule has 144 valence electrons. The summed E-state index contributed by atoms with van der Waals surface area (Å²) in [5.74, 6) is 1.07. The number of benzene rings is 1. The lowest BCUT2D eigenvalue weighted by Gasteiger charge is -2.46. The number of carbonyl (C=O) groups excluding carboxylic acids is 1. The van der Waals surface area contributed by atoms with Crippen LogP contribution in [0.5, 0.6) is 5.75 Å². The van der Waals surface area contributed by atoms with Gasteiger partial charge in [-0.15, -0.1) is 0 Å². The van der Waals surface area contributed by atoms with Crippen molar-refractivity contribution in [3.63, 3.8) is 0 Å². The molecule has 6 heteroatoms. The molecule has 0 radical (unpaired) electrons. The molecule has 0 bridgehead atoms. The summed E-state index contributed by atoms with van der Waals surface area (Å²) in [4.78, 5) is 13.8. The second kappa shape index (κ2) is 8.82. The average molecular weight is 365 g/mol. The van der Waals surface area contributed by atoms with Crippen molar-refractivity contribution in [1.82, 2.24) is 4.90 Å². The average Bonchev–Trinajstić information content (AvgIpc) is 2.64. The number of amides is 1. The lowest BCUT2D eigenvalue weighted by atomic mass is 9.78. The van der Waals surface area contributed by atoms with Crippen molar-refractivity contribution in [2.75, 3.05) is 40.0 Å². The number of rotatable bonds is 6. The highest BCUT2D eigenvalue weighted by molar-refractivity contribution is 5.77. The van der Waals surface area contributed by atoms with Crippen LogP contribution < -0.4 is 4.74 Å². The van der Waals surface area contributed by atoms with Crippen molar-refractivity contribution >= 4 is 5.91 Å². The van der Waals surface area contributed by atoms with Gasteiger partial charge in [-0.3, -0.25) is 4.79 Å². The van der Waals surface area contributed by atoms with E-state index in [0.717, 1.165) is 51.8 Å². The summed E-state index contributed by atoms with van der Waals surface area (Å²) < 4.78 is 29.8. The molecule has 0 aliphatic carbocycles. The number of likely N-dealkylation sites (tertiary alicyclic amines) is 1. The number of nitrogens with zero attached hydrogens (tertiary/aromatic N) is 1. The highest BCUT2D eigenvalue weighted by atomic mass is 19.1. The maximum Gasteiger partial charge on any atom is 0.248 e. The number of ether oxygens (including phenoxy) is 3. The minimum absolute atomic E-state index is 0.0578. The maximum atomic E-state index is 12.9. The molecular weight excluding hydrogens is 337 g/mol. The summed E-state index contributed by atoms with van der Waals surface area (Å²) >= 11 is 0. The number of piperidine rings is 1. The zero-order valence-electron chi connectivity index (χ0n) is 15.4. The summed E-state index contributed by atoms with van der Waals surface area (Å²) in [6, 6.07) is 6.15. The van der Waals surface area contributed by atoms with Gasteiger partial charge in [0.1, 0.15) is 18.2 Å². The molecule has 2 aliphatic rings. The van der Waals surface area contributed by atoms with Gasteiger partial charge in [-0.1, -0.05) is 0 Å². The Kier molecular flexibility index (Phi) is 6.48. The second-order valence-electron chi connectivity index (χ2n) is 7.30. The molecule has 1 aromatic rings. The van der Waals surface area contributed by atoms with Crippen molar-refractivity contribution < 1.29 is 23.4 Å². The topological polar surface area (TPSA) is 48.0 Å². The maximum absolute atomic E-state index is 12.9. The summed E-state index contributed by atoms with van der Waals surface area (Å²) in [7, 11) is 1.55. The lowest BCUT2D eigenvalue weighted by molar-refractivity contribution is -0.150. The van der Waals surface area contributed by atoms with Crippen molar-refractivity contribution in [2.45, 2.75) is 37.7 Å². The summed E-state index contributed by atoms with van der Waals surface area (Å²) in [6.07, 6.45) is 4.80. The predicted octanol–water partition coefficient (Wildman–Crippen LogP) is 3.03. The Morgan fingerprint density at radius 1 is 1.31 bits per heavy atom. The van der Waals surface area contributed by atoms with Crippen molar-refractivity contribution in [3.05, 3.63) is 30.1 Å². The molecule has 1 atom stereocenters. The van der Waals surface area contributed by atoms with Crippen LogP contribution in [0.1, 0.15) is 32.1 Å². The summed E-state index contributed by atoms with van der Waals surface area (Å²) in [5, 5.41) is 0. The van der Waals surface area contributed by atoms with Gasteiger partial charge < -0.3 is 19.1 Å². The van der Waals surface area contributed by atoms with Crippen LogP contribution in [0.15, 0.2) is 24.3 Å². The van der Waals surface area contributed by atoms with Gasteiger partial charge in [0.2, 0.25) is 5.91 Å². The lowest BCUT2D eigenvalue weighted by Crippen LogP contribution is -2.51. The third-order valence-corrected chi connectivity index (χ3v) is 5.50. The fourth-order valence-electron chi connectivity index (χ4n) is 3.98. The Hall–Kier alpha value is -1.66. The quantitative estimate of drug-likeness (QED) is 0.778. The molecule has 2 saturated heterocycles. The van der Waals surface area contributed by atoms with E-state index in [9.17, 15) is 9.18 Å². The van der Waals surface area contributed by atoms with Gasteiger partial charge >= 0.3 is 0 Å². The Morgan fingerprint density at radius 2 is 2.04 bits per heavy atom. The molecular formula is C20H28FNO4. The number of methoxy groups -OCH3 is 1. The van der Waals surface area contributed by atoms with Crippen LogP contribution in [0.3, 0.4) is 0 Å². The van der Waals surface area contributed by atoms with E-state index >= 15 is 0 Å². The monoisotopic (exact) mass is 365 g/mol. The first-order chi connectivity index (χ1) is 12.6. The fraction of sp³-hybridized carbons (Fsp3) is 0.650. The van der Waals surface area contributed by atoms with Gasteiger partial charge in [0, 0.05) is 26.8 Å². The van der Waals surface area contributed by atoms with Crippen LogP contribution in [-0.2, 0) is 14.3 Å². The van der Waals surface area contributed by atoms with E-state index in [4.69, 9.17) is 14.2 Å². The van der Waals surface area contributed by atoms with Crippen LogP contribution in [0.2, 0.25) is 0 Å². The molecule has 1 aromatic carbocycles. The minimum atomic E-state index is -0.251. The highest BCUT2D eigenvalue weighted by Gasteiger charge is 2.40.